The first kappa shape index (κ1) is 45.3. The lowest BCUT2D eigenvalue weighted by Gasteiger charge is -2.15. The van der Waals surface area contributed by atoms with Gasteiger partial charge in [-0.2, -0.15) is 0 Å². The Labute approximate surface area is 295 Å². The SMILES string of the molecule is CCC=CCC=CCC=CCC=CCC=CCCCCCC(=O)OCC(CO)OC(=O)CCCCCCCCCC=CCCCCCC. The second kappa shape index (κ2) is 38.8. The van der Waals surface area contributed by atoms with Crippen LogP contribution in [0.4, 0.5) is 0 Å². The van der Waals surface area contributed by atoms with Crippen molar-refractivity contribution >= 4 is 11.9 Å². The molecule has 0 aliphatic heterocycles. The van der Waals surface area contributed by atoms with Gasteiger partial charge in [-0.15, -0.1) is 0 Å². The van der Waals surface area contributed by atoms with Gasteiger partial charge in [0.15, 0.2) is 6.10 Å². The fourth-order valence-corrected chi connectivity index (χ4v) is 5.04. The molecule has 0 bridgehead atoms. The van der Waals surface area contributed by atoms with Gasteiger partial charge in [0.25, 0.3) is 0 Å². The molecule has 0 aromatic carbocycles. The summed E-state index contributed by atoms with van der Waals surface area (Å²) in [4.78, 5) is 24.2. The van der Waals surface area contributed by atoms with Gasteiger partial charge in [0, 0.05) is 12.8 Å². The molecule has 0 spiro atoms. The molecule has 5 nitrogen and oxygen atoms in total. The number of unbranched alkanes of at least 4 members (excludes halogenated alkanes) is 14. The number of allylic oxidation sites excluding steroid dienone is 12. The highest BCUT2D eigenvalue weighted by Gasteiger charge is 2.16. The molecular weight excluding hydrogens is 596 g/mol. The highest BCUT2D eigenvalue weighted by atomic mass is 16.6. The molecule has 0 saturated heterocycles. The molecule has 1 atom stereocenters. The van der Waals surface area contributed by atoms with Crippen molar-refractivity contribution in [1.82, 2.24) is 0 Å². The Morgan fingerprint density at radius 1 is 0.500 bits per heavy atom. The van der Waals surface area contributed by atoms with E-state index in [2.05, 4.69) is 86.8 Å². The van der Waals surface area contributed by atoms with Gasteiger partial charge in [-0.05, 0) is 83.5 Å². The molecule has 274 valence electrons. The van der Waals surface area contributed by atoms with Crippen molar-refractivity contribution in [2.45, 2.75) is 174 Å². The zero-order valence-corrected chi connectivity index (χ0v) is 31.0. The third kappa shape index (κ3) is 36.2. The van der Waals surface area contributed by atoms with Crippen molar-refractivity contribution in [3.8, 4) is 0 Å². The monoisotopic (exact) mass is 669 g/mol. The van der Waals surface area contributed by atoms with Gasteiger partial charge in [-0.1, -0.05) is 145 Å². The quantitative estimate of drug-likeness (QED) is 0.0420. The van der Waals surface area contributed by atoms with Crippen molar-refractivity contribution < 1.29 is 24.2 Å². The third-order valence-corrected chi connectivity index (χ3v) is 7.98. The summed E-state index contributed by atoms with van der Waals surface area (Å²) < 4.78 is 10.6. The zero-order valence-electron chi connectivity index (χ0n) is 31.0. The van der Waals surface area contributed by atoms with E-state index in [0.717, 1.165) is 77.0 Å². The van der Waals surface area contributed by atoms with Crippen LogP contribution in [0.15, 0.2) is 72.9 Å². The number of esters is 2. The van der Waals surface area contributed by atoms with Crippen LogP contribution in [0.3, 0.4) is 0 Å². The highest BCUT2D eigenvalue weighted by molar-refractivity contribution is 5.70. The summed E-state index contributed by atoms with van der Waals surface area (Å²) in [7, 11) is 0. The first-order chi connectivity index (χ1) is 23.6. The first-order valence-electron chi connectivity index (χ1n) is 19.5. The molecule has 0 aromatic heterocycles. The lowest BCUT2D eigenvalue weighted by Crippen LogP contribution is -2.28. The molecule has 0 heterocycles. The predicted molar refractivity (Wildman–Crippen MR) is 205 cm³/mol. The molecule has 1 unspecified atom stereocenters. The van der Waals surface area contributed by atoms with Gasteiger partial charge in [-0.25, -0.2) is 0 Å². The molecule has 0 aromatic rings. The van der Waals surface area contributed by atoms with Crippen LogP contribution in [0.5, 0.6) is 0 Å². The van der Waals surface area contributed by atoms with Gasteiger partial charge in [0.05, 0.1) is 6.61 Å². The van der Waals surface area contributed by atoms with Crippen LogP contribution in [-0.2, 0) is 19.1 Å². The Balaban J connectivity index is 3.66. The first-order valence-corrected chi connectivity index (χ1v) is 19.5. The summed E-state index contributed by atoms with van der Waals surface area (Å²) in [6, 6.07) is 0. The molecule has 0 rings (SSSR count). The van der Waals surface area contributed by atoms with E-state index in [1.807, 2.05) is 0 Å². The molecular formula is C43H72O5. The van der Waals surface area contributed by atoms with E-state index in [0.29, 0.717) is 12.8 Å². The average Bonchev–Trinajstić information content (AvgIpc) is 3.09. The van der Waals surface area contributed by atoms with Crippen molar-refractivity contribution in [3.63, 3.8) is 0 Å². The average molecular weight is 669 g/mol. The minimum atomic E-state index is -0.790. The van der Waals surface area contributed by atoms with E-state index in [1.165, 1.54) is 64.2 Å². The van der Waals surface area contributed by atoms with Gasteiger partial charge in [0.2, 0.25) is 0 Å². The Morgan fingerprint density at radius 2 is 0.896 bits per heavy atom. The maximum absolute atomic E-state index is 12.2. The minimum Gasteiger partial charge on any atom is -0.462 e. The Morgan fingerprint density at radius 3 is 1.40 bits per heavy atom. The molecule has 1 N–H and O–H groups in total. The van der Waals surface area contributed by atoms with Gasteiger partial charge in [0.1, 0.15) is 6.61 Å². The predicted octanol–water partition coefficient (Wildman–Crippen LogP) is 12.2. The lowest BCUT2D eigenvalue weighted by atomic mass is 10.1. The number of aliphatic hydroxyl groups excluding tert-OH is 1. The molecule has 48 heavy (non-hydrogen) atoms. The Kier molecular flexibility index (Phi) is 36.6. The number of carbonyl (C=O) groups is 2. The molecule has 0 aliphatic rings. The number of ether oxygens (including phenoxy) is 2. The van der Waals surface area contributed by atoms with Crippen LogP contribution in [0.1, 0.15) is 168 Å². The highest BCUT2D eigenvalue weighted by Crippen LogP contribution is 2.12. The molecule has 0 radical (unpaired) electrons. The molecule has 0 saturated carbocycles. The third-order valence-electron chi connectivity index (χ3n) is 7.98. The van der Waals surface area contributed by atoms with Gasteiger partial charge in [-0.3, -0.25) is 9.59 Å². The molecule has 0 amide bonds. The number of rotatable bonds is 34. The van der Waals surface area contributed by atoms with E-state index in [-0.39, 0.29) is 25.2 Å². The van der Waals surface area contributed by atoms with Crippen LogP contribution < -0.4 is 0 Å². The van der Waals surface area contributed by atoms with Crippen molar-refractivity contribution in [2.24, 2.45) is 0 Å². The smallest absolute Gasteiger partial charge is 0.306 e. The Bertz CT molecular complexity index is 895. The van der Waals surface area contributed by atoms with Crippen LogP contribution >= 0.6 is 0 Å². The molecule has 0 fully saturated rings. The summed E-state index contributed by atoms with van der Waals surface area (Å²) in [5.74, 6) is -0.639. The number of aliphatic hydroxyl groups is 1. The number of hydrogen-bond donors (Lipinski definition) is 1. The normalized spacial score (nSPS) is 13.0. The van der Waals surface area contributed by atoms with Crippen LogP contribution in [0, 0.1) is 0 Å². The van der Waals surface area contributed by atoms with E-state index >= 15 is 0 Å². The van der Waals surface area contributed by atoms with Crippen LogP contribution in [0.25, 0.3) is 0 Å². The van der Waals surface area contributed by atoms with E-state index in [4.69, 9.17) is 9.47 Å². The van der Waals surface area contributed by atoms with Crippen molar-refractivity contribution in [3.05, 3.63) is 72.9 Å². The summed E-state index contributed by atoms with van der Waals surface area (Å²) in [5, 5.41) is 9.55. The zero-order chi connectivity index (χ0) is 35.0. The lowest BCUT2D eigenvalue weighted by molar-refractivity contribution is -0.161. The van der Waals surface area contributed by atoms with E-state index < -0.39 is 6.10 Å². The van der Waals surface area contributed by atoms with E-state index in [1.54, 1.807) is 0 Å². The largest absolute Gasteiger partial charge is 0.462 e. The maximum atomic E-state index is 12.2. The van der Waals surface area contributed by atoms with Gasteiger partial charge < -0.3 is 14.6 Å². The topological polar surface area (TPSA) is 72.8 Å². The maximum Gasteiger partial charge on any atom is 0.306 e. The number of carbonyl (C=O) groups excluding carboxylic acids is 2. The molecule has 5 heteroatoms. The summed E-state index contributed by atoms with van der Waals surface area (Å²) >= 11 is 0. The van der Waals surface area contributed by atoms with Crippen LogP contribution in [-0.4, -0.2) is 36.4 Å². The number of hydrogen-bond acceptors (Lipinski definition) is 5. The molecule has 0 aliphatic carbocycles. The second-order valence-electron chi connectivity index (χ2n) is 12.6. The van der Waals surface area contributed by atoms with Crippen molar-refractivity contribution in [1.29, 1.82) is 0 Å². The fraction of sp³-hybridized carbons (Fsp3) is 0.674. The summed E-state index contributed by atoms with van der Waals surface area (Å²) in [6.07, 6.45) is 51.0. The van der Waals surface area contributed by atoms with Gasteiger partial charge >= 0.3 is 11.9 Å². The van der Waals surface area contributed by atoms with Crippen LogP contribution in [0.2, 0.25) is 0 Å². The van der Waals surface area contributed by atoms with E-state index in [9.17, 15) is 14.7 Å². The summed E-state index contributed by atoms with van der Waals surface area (Å²) in [5.41, 5.74) is 0. The fourth-order valence-electron chi connectivity index (χ4n) is 5.04. The minimum absolute atomic E-state index is 0.0881. The summed E-state index contributed by atoms with van der Waals surface area (Å²) in [6.45, 7) is 3.96. The standard InChI is InChI=1S/C43H72O5/c1-3-5-7-9-11-13-15-17-19-20-21-22-24-25-27-29-31-33-35-37-42(45)47-40-41(39-44)48-43(46)38-36-34-32-30-28-26-23-18-16-14-12-10-8-6-4-2/h5,7,11,13-14,16-17,19,21-22,25,27,41,44H,3-4,6,8-10,12,15,18,20,23-24,26,28-40H2,1-2H3. The van der Waals surface area contributed by atoms with Crippen molar-refractivity contribution in [2.75, 3.05) is 13.2 Å². The Hall–Kier alpha value is -2.66. The second-order valence-corrected chi connectivity index (χ2v) is 12.6.